The SMILES string of the molecule is Cc1ccc(NC(=O)c2conc2-c2ccccc2)cc1C. The largest absolute Gasteiger partial charge is 0.363 e. The molecule has 3 rings (SSSR count). The third kappa shape index (κ3) is 2.76. The molecule has 0 saturated carbocycles. The predicted octanol–water partition coefficient (Wildman–Crippen LogP) is 4.21. The van der Waals surface area contributed by atoms with Crippen molar-refractivity contribution >= 4 is 11.6 Å². The fourth-order valence-electron chi connectivity index (χ4n) is 2.22. The van der Waals surface area contributed by atoms with Gasteiger partial charge < -0.3 is 9.84 Å². The number of nitrogens with zero attached hydrogens (tertiary/aromatic N) is 1. The number of aryl methyl sites for hydroxylation is 2. The van der Waals surface area contributed by atoms with Gasteiger partial charge >= 0.3 is 0 Å². The highest BCUT2D eigenvalue weighted by molar-refractivity contribution is 6.07. The molecule has 1 amide bonds. The van der Waals surface area contributed by atoms with E-state index < -0.39 is 0 Å². The minimum absolute atomic E-state index is 0.233. The van der Waals surface area contributed by atoms with E-state index in [9.17, 15) is 4.79 Å². The molecule has 0 saturated heterocycles. The number of hydrogen-bond donors (Lipinski definition) is 1. The van der Waals surface area contributed by atoms with Crippen LogP contribution in [0.3, 0.4) is 0 Å². The topological polar surface area (TPSA) is 55.1 Å². The summed E-state index contributed by atoms with van der Waals surface area (Å²) in [5, 5.41) is 6.83. The van der Waals surface area contributed by atoms with Crippen LogP contribution in [-0.4, -0.2) is 11.1 Å². The van der Waals surface area contributed by atoms with Gasteiger partial charge in [-0.25, -0.2) is 0 Å². The fourth-order valence-corrected chi connectivity index (χ4v) is 2.22. The van der Waals surface area contributed by atoms with Crippen molar-refractivity contribution in [3.63, 3.8) is 0 Å². The highest BCUT2D eigenvalue weighted by Gasteiger charge is 2.17. The van der Waals surface area contributed by atoms with Crippen LogP contribution < -0.4 is 5.32 Å². The van der Waals surface area contributed by atoms with Gasteiger partial charge in [0.15, 0.2) is 0 Å². The van der Waals surface area contributed by atoms with Crippen LogP contribution in [0.5, 0.6) is 0 Å². The summed E-state index contributed by atoms with van der Waals surface area (Å²) in [4.78, 5) is 12.5. The molecule has 22 heavy (non-hydrogen) atoms. The number of aromatic nitrogens is 1. The highest BCUT2D eigenvalue weighted by Crippen LogP contribution is 2.23. The van der Waals surface area contributed by atoms with Gasteiger partial charge in [0.25, 0.3) is 5.91 Å². The molecular weight excluding hydrogens is 276 g/mol. The Hall–Kier alpha value is -2.88. The maximum atomic E-state index is 12.5. The summed E-state index contributed by atoms with van der Waals surface area (Å²) >= 11 is 0. The Morgan fingerprint density at radius 2 is 1.82 bits per heavy atom. The standard InChI is InChI=1S/C18H16N2O2/c1-12-8-9-15(10-13(12)2)19-18(21)16-11-22-20-17(16)14-6-4-3-5-7-14/h3-11H,1-2H3,(H,19,21). The first kappa shape index (κ1) is 14.1. The zero-order valence-electron chi connectivity index (χ0n) is 12.5. The second-order valence-corrected chi connectivity index (χ2v) is 5.20. The van der Waals surface area contributed by atoms with Gasteiger partial charge in [-0.15, -0.1) is 0 Å². The zero-order valence-corrected chi connectivity index (χ0v) is 12.5. The molecule has 0 fully saturated rings. The Balaban J connectivity index is 1.87. The van der Waals surface area contributed by atoms with E-state index in [2.05, 4.69) is 10.5 Å². The molecule has 0 unspecified atom stereocenters. The number of amides is 1. The zero-order chi connectivity index (χ0) is 15.5. The Kier molecular flexibility index (Phi) is 3.74. The molecule has 0 aliphatic heterocycles. The number of rotatable bonds is 3. The van der Waals surface area contributed by atoms with Crippen molar-refractivity contribution in [1.82, 2.24) is 5.16 Å². The van der Waals surface area contributed by atoms with E-state index in [4.69, 9.17) is 4.52 Å². The molecule has 1 N–H and O–H groups in total. The van der Waals surface area contributed by atoms with Gasteiger partial charge in [-0.05, 0) is 37.1 Å². The van der Waals surface area contributed by atoms with Gasteiger partial charge in [0.2, 0.25) is 0 Å². The van der Waals surface area contributed by atoms with Crippen LogP contribution >= 0.6 is 0 Å². The highest BCUT2D eigenvalue weighted by atomic mass is 16.5. The lowest BCUT2D eigenvalue weighted by atomic mass is 10.1. The van der Waals surface area contributed by atoms with Crippen molar-refractivity contribution in [1.29, 1.82) is 0 Å². The van der Waals surface area contributed by atoms with Gasteiger partial charge in [0.1, 0.15) is 17.5 Å². The first-order chi connectivity index (χ1) is 10.6. The third-order valence-electron chi connectivity index (χ3n) is 3.63. The molecule has 0 radical (unpaired) electrons. The van der Waals surface area contributed by atoms with Crippen molar-refractivity contribution in [3.8, 4) is 11.3 Å². The molecule has 0 aliphatic carbocycles. The fraction of sp³-hybridized carbons (Fsp3) is 0.111. The quantitative estimate of drug-likeness (QED) is 0.786. The number of nitrogens with one attached hydrogen (secondary N) is 1. The van der Waals surface area contributed by atoms with E-state index in [1.54, 1.807) is 0 Å². The van der Waals surface area contributed by atoms with Crippen LogP contribution in [0.25, 0.3) is 11.3 Å². The molecule has 4 nitrogen and oxygen atoms in total. The lowest BCUT2D eigenvalue weighted by molar-refractivity contribution is 0.102. The van der Waals surface area contributed by atoms with E-state index in [0.29, 0.717) is 11.3 Å². The molecule has 3 aromatic rings. The normalized spacial score (nSPS) is 10.5. The van der Waals surface area contributed by atoms with E-state index in [0.717, 1.165) is 16.8 Å². The van der Waals surface area contributed by atoms with Crippen LogP contribution in [-0.2, 0) is 0 Å². The molecule has 4 heteroatoms. The minimum atomic E-state index is -0.233. The molecule has 1 heterocycles. The van der Waals surface area contributed by atoms with E-state index in [1.165, 1.54) is 11.8 Å². The lowest BCUT2D eigenvalue weighted by Gasteiger charge is -2.07. The van der Waals surface area contributed by atoms with Crippen molar-refractivity contribution < 1.29 is 9.32 Å². The van der Waals surface area contributed by atoms with Gasteiger partial charge in [-0.3, -0.25) is 4.79 Å². The number of anilines is 1. The second-order valence-electron chi connectivity index (χ2n) is 5.20. The lowest BCUT2D eigenvalue weighted by Crippen LogP contribution is -2.12. The smallest absolute Gasteiger partial charge is 0.261 e. The van der Waals surface area contributed by atoms with Crippen molar-refractivity contribution in [2.24, 2.45) is 0 Å². The first-order valence-corrected chi connectivity index (χ1v) is 7.03. The van der Waals surface area contributed by atoms with Gasteiger partial charge in [-0.1, -0.05) is 41.6 Å². The Bertz CT molecular complexity index is 807. The summed E-state index contributed by atoms with van der Waals surface area (Å²) in [6.07, 6.45) is 1.37. The van der Waals surface area contributed by atoms with E-state index in [1.807, 2.05) is 62.4 Å². The number of carbonyl (C=O) groups excluding carboxylic acids is 1. The van der Waals surface area contributed by atoms with Crippen molar-refractivity contribution in [3.05, 3.63) is 71.5 Å². The maximum absolute atomic E-state index is 12.5. The van der Waals surface area contributed by atoms with Gasteiger partial charge in [0.05, 0.1) is 0 Å². The number of hydrogen-bond acceptors (Lipinski definition) is 3. The molecule has 0 atom stereocenters. The molecule has 2 aromatic carbocycles. The van der Waals surface area contributed by atoms with Crippen LogP contribution in [0.15, 0.2) is 59.3 Å². The maximum Gasteiger partial charge on any atom is 0.261 e. The van der Waals surface area contributed by atoms with Crippen LogP contribution in [0, 0.1) is 13.8 Å². The summed E-state index contributed by atoms with van der Waals surface area (Å²) in [5.41, 5.74) is 4.89. The first-order valence-electron chi connectivity index (χ1n) is 7.03. The van der Waals surface area contributed by atoms with E-state index in [-0.39, 0.29) is 5.91 Å². The number of carbonyl (C=O) groups is 1. The van der Waals surface area contributed by atoms with Gasteiger partial charge in [-0.2, -0.15) is 0 Å². The summed E-state index contributed by atoms with van der Waals surface area (Å²) in [5.74, 6) is -0.233. The average Bonchev–Trinajstić information content (AvgIpc) is 3.01. The second kappa shape index (κ2) is 5.85. The Morgan fingerprint density at radius 3 is 2.55 bits per heavy atom. The third-order valence-corrected chi connectivity index (χ3v) is 3.63. The van der Waals surface area contributed by atoms with Crippen LogP contribution in [0.2, 0.25) is 0 Å². The summed E-state index contributed by atoms with van der Waals surface area (Å²) in [6, 6.07) is 15.3. The molecule has 1 aromatic heterocycles. The molecular formula is C18H16N2O2. The predicted molar refractivity (Wildman–Crippen MR) is 85.8 cm³/mol. The summed E-state index contributed by atoms with van der Waals surface area (Å²) in [7, 11) is 0. The molecule has 0 aliphatic rings. The van der Waals surface area contributed by atoms with Crippen molar-refractivity contribution in [2.75, 3.05) is 5.32 Å². The van der Waals surface area contributed by atoms with Crippen LogP contribution in [0.4, 0.5) is 5.69 Å². The van der Waals surface area contributed by atoms with Crippen LogP contribution in [0.1, 0.15) is 21.5 Å². The minimum Gasteiger partial charge on any atom is -0.363 e. The average molecular weight is 292 g/mol. The van der Waals surface area contributed by atoms with Crippen molar-refractivity contribution in [2.45, 2.75) is 13.8 Å². The molecule has 110 valence electrons. The summed E-state index contributed by atoms with van der Waals surface area (Å²) < 4.78 is 4.99. The number of benzene rings is 2. The molecule has 0 bridgehead atoms. The molecule has 0 spiro atoms. The van der Waals surface area contributed by atoms with E-state index >= 15 is 0 Å². The Labute approximate surface area is 128 Å². The van der Waals surface area contributed by atoms with Gasteiger partial charge in [0, 0.05) is 11.3 Å². The summed E-state index contributed by atoms with van der Waals surface area (Å²) in [6.45, 7) is 4.05. The monoisotopic (exact) mass is 292 g/mol. The Morgan fingerprint density at radius 1 is 1.05 bits per heavy atom.